The number of hydrogen-bond acceptors (Lipinski definition) is 9. The number of nitrogen functional groups attached to an aromatic ring is 1. The molecule has 2 aromatic carbocycles. The lowest BCUT2D eigenvalue weighted by atomic mass is 10.2. The van der Waals surface area contributed by atoms with E-state index >= 15 is 0 Å². The van der Waals surface area contributed by atoms with Crippen LogP contribution < -0.4 is 27.2 Å². The SMILES string of the molecule is CN=C(Nc1ccc(F)c(Cl)c1)c1nonc1SCCNc1c(N)c(=O)c1=O. The van der Waals surface area contributed by atoms with Crippen molar-refractivity contribution in [1.29, 1.82) is 0 Å². The zero-order chi connectivity index (χ0) is 20.3. The monoisotopic (exact) mass is 424 g/mol. The normalized spacial score (nSPS) is 11.8. The third-order valence-electron chi connectivity index (χ3n) is 3.68. The molecule has 0 saturated carbocycles. The van der Waals surface area contributed by atoms with Gasteiger partial charge in [0.2, 0.25) is 0 Å². The van der Waals surface area contributed by atoms with Gasteiger partial charge < -0.3 is 16.4 Å². The summed E-state index contributed by atoms with van der Waals surface area (Å²) in [5.74, 6) is 0.307. The molecule has 0 spiro atoms. The van der Waals surface area contributed by atoms with Crippen LogP contribution in [-0.4, -0.2) is 35.5 Å². The highest BCUT2D eigenvalue weighted by Crippen LogP contribution is 2.23. The Morgan fingerprint density at radius 2 is 2.14 bits per heavy atom. The van der Waals surface area contributed by atoms with Gasteiger partial charge >= 0.3 is 0 Å². The summed E-state index contributed by atoms with van der Waals surface area (Å²) in [5.41, 5.74) is 5.12. The molecule has 0 saturated heterocycles. The van der Waals surface area contributed by atoms with Gasteiger partial charge in [-0.15, -0.1) is 0 Å². The number of aliphatic imine (C=N–C) groups is 1. The van der Waals surface area contributed by atoms with Crippen LogP contribution >= 0.6 is 23.4 Å². The van der Waals surface area contributed by atoms with E-state index in [0.29, 0.717) is 34.5 Å². The first kappa shape index (κ1) is 19.8. The number of rotatable bonds is 7. The van der Waals surface area contributed by atoms with E-state index in [2.05, 4.69) is 25.9 Å². The van der Waals surface area contributed by atoms with Crippen molar-refractivity contribution in [3.05, 3.63) is 55.2 Å². The van der Waals surface area contributed by atoms with Crippen LogP contribution in [0.1, 0.15) is 5.69 Å². The molecular formula is C16H14ClFN6O3S. The van der Waals surface area contributed by atoms with E-state index in [4.69, 9.17) is 22.0 Å². The number of hydrogen-bond donors (Lipinski definition) is 3. The van der Waals surface area contributed by atoms with Gasteiger partial charge in [0.1, 0.15) is 17.2 Å². The summed E-state index contributed by atoms with van der Waals surface area (Å²) in [4.78, 5) is 26.5. The van der Waals surface area contributed by atoms with Crippen molar-refractivity contribution >= 4 is 46.3 Å². The van der Waals surface area contributed by atoms with Crippen molar-refractivity contribution in [2.24, 2.45) is 4.99 Å². The molecule has 0 amide bonds. The molecule has 12 heteroatoms. The summed E-state index contributed by atoms with van der Waals surface area (Å²) in [6.45, 7) is 0.367. The largest absolute Gasteiger partial charge is 0.394 e. The summed E-state index contributed by atoms with van der Waals surface area (Å²) < 4.78 is 18.1. The molecule has 146 valence electrons. The topological polar surface area (TPSA) is 136 Å². The van der Waals surface area contributed by atoms with E-state index in [1.165, 1.54) is 30.0 Å². The Kier molecular flexibility index (Phi) is 5.95. The number of anilines is 3. The summed E-state index contributed by atoms with van der Waals surface area (Å²) >= 11 is 7.08. The highest BCUT2D eigenvalue weighted by atomic mass is 35.5. The maximum atomic E-state index is 13.3. The molecule has 0 radical (unpaired) electrons. The van der Waals surface area contributed by atoms with Gasteiger partial charge in [0.05, 0.1) is 5.02 Å². The zero-order valence-electron chi connectivity index (χ0n) is 14.5. The van der Waals surface area contributed by atoms with Gasteiger partial charge in [0.15, 0.2) is 16.6 Å². The Morgan fingerprint density at radius 1 is 1.36 bits per heavy atom. The Bertz CT molecular complexity index is 1110. The number of benzene rings is 1. The molecule has 3 aromatic rings. The van der Waals surface area contributed by atoms with Gasteiger partial charge in [-0.2, -0.15) is 0 Å². The molecule has 0 fully saturated rings. The molecule has 0 bridgehead atoms. The molecule has 0 aliphatic carbocycles. The second-order valence-corrected chi connectivity index (χ2v) is 6.96. The van der Waals surface area contributed by atoms with Gasteiger partial charge in [-0.05, 0) is 28.5 Å². The lowest BCUT2D eigenvalue weighted by Gasteiger charge is -2.10. The standard InChI is InChI=1S/C16H14ClFN6O3S/c1-20-15(22-7-2-3-9(18)8(17)6-7)12-16(24-27-23-12)28-5-4-21-11-10(19)13(25)14(11)26/h2-3,6,21H,4-5,19H2,1H3,(H,20,22). The maximum Gasteiger partial charge on any atom is 0.253 e. The van der Waals surface area contributed by atoms with Crippen molar-refractivity contribution in [1.82, 2.24) is 10.3 Å². The highest BCUT2D eigenvalue weighted by Gasteiger charge is 2.19. The second kappa shape index (κ2) is 8.40. The molecule has 1 aromatic heterocycles. The van der Waals surface area contributed by atoms with Crippen molar-refractivity contribution in [2.45, 2.75) is 5.03 Å². The van der Waals surface area contributed by atoms with Gasteiger partial charge in [-0.1, -0.05) is 23.4 Å². The summed E-state index contributed by atoms with van der Waals surface area (Å²) in [7, 11) is 1.55. The number of aromatic nitrogens is 2. The Balaban J connectivity index is 1.62. The van der Waals surface area contributed by atoms with Crippen molar-refractivity contribution in [3.8, 4) is 0 Å². The molecular weight excluding hydrogens is 411 g/mol. The van der Waals surface area contributed by atoms with Gasteiger partial charge in [0, 0.05) is 25.0 Å². The van der Waals surface area contributed by atoms with Crippen LogP contribution in [0.5, 0.6) is 0 Å². The van der Waals surface area contributed by atoms with Crippen molar-refractivity contribution < 1.29 is 9.02 Å². The molecule has 1 heterocycles. The number of amidine groups is 1. The van der Waals surface area contributed by atoms with Crippen LogP contribution in [-0.2, 0) is 0 Å². The van der Waals surface area contributed by atoms with Crippen LogP contribution in [0.15, 0.2) is 42.4 Å². The fourth-order valence-electron chi connectivity index (χ4n) is 2.26. The molecule has 4 N–H and O–H groups in total. The molecule has 0 aliphatic heterocycles. The van der Waals surface area contributed by atoms with Gasteiger partial charge in [-0.3, -0.25) is 14.6 Å². The fraction of sp³-hybridized carbons (Fsp3) is 0.188. The third kappa shape index (κ3) is 3.99. The van der Waals surface area contributed by atoms with Crippen LogP contribution in [0.2, 0.25) is 5.02 Å². The molecule has 3 rings (SSSR count). The lowest BCUT2D eigenvalue weighted by Crippen LogP contribution is -2.37. The van der Waals surface area contributed by atoms with E-state index in [0.717, 1.165) is 0 Å². The number of nitrogens with two attached hydrogens (primary N) is 1. The summed E-state index contributed by atoms with van der Waals surface area (Å²) in [6, 6.07) is 4.15. The quantitative estimate of drug-likeness (QED) is 0.170. The molecule has 0 aliphatic rings. The third-order valence-corrected chi connectivity index (χ3v) is 4.92. The predicted octanol–water partition coefficient (Wildman–Crippen LogP) is 1.73. The maximum absolute atomic E-state index is 13.3. The Hall–Kier alpha value is -2.92. The number of halogens is 2. The number of nitrogens with zero attached hydrogens (tertiary/aromatic N) is 3. The number of thioether (sulfide) groups is 1. The minimum atomic E-state index is -0.672. The minimum absolute atomic E-state index is 0.0306. The molecule has 0 atom stereocenters. The fourth-order valence-corrected chi connectivity index (χ4v) is 3.19. The molecule has 28 heavy (non-hydrogen) atoms. The summed E-state index contributed by atoms with van der Waals surface area (Å²) in [6.07, 6.45) is 0. The van der Waals surface area contributed by atoms with E-state index in [-0.39, 0.29) is 16.4 Å². The highest BCUT2D eigenvalue weighted by molar-refractivity contribution is 7.99. The second-order valence-electron chi connectivity index (χ2n) is 5.47. The van der Waals surface area contributed by atoms with Crippen LogP contribution in [0.25, 0.3) is 0 Å². The van der Waals surface area contributed by atoms with Crippen molar-refractivity contribution in [2.75, 3.05) is 35.7 Å². The lowest BCUT2D eigenvalue weighted by molar-refractivity contribution is 0.298. The zero-order valence-corrected chi connectivity index (χ0v) is 16.0. The van der Waals surface area contributed by atoms with Gasteiger partial charge in [-0.25, -0.2) is 9.02 Å². The number of nitrogens with one attached hydrogen (secondary N) is 2. The predicted molar refractivity (Wildman–Crippen MR) is 107 cm³/mol. The Labute approximate surface area is 166 Å². The van der Waals surface area contributed by atoms with Crippen molar-refractivity contribution in [3.63, 3.8) is 0 Å². The minimum Gasteiger partial charge on any atom is -0.394 e. The van der Waals surface area contributed by atoms with E-state index < -0.39 is 16.7 Å². The van der Waals surface area contributed by atoms with Crippen LogP contribution in [0, 0.1) is 5.82 Å². The first-order valence-corrected chi connectivity index (χ1v) is 9.26. The van der Waals surface area contributed by atoms with Gasteiger partial charge in [0.25, 0.3) is 10.9 Å². The van der Waals surface area contributed by atoms with E-state index in [1.54, 1.807) is 7.05 Å². The molecule has 9 nitrogen and oxygen atoms in total. The summed E-state index contributed by atoms with van der Waals surface area (Å²) in [5, 5.41) is 13.9. The van der Waals surface area contributed by atoms with E-state index in [9.17, 15) is 14.0 Å². The average Bonchev–Trinajstić information content (AvgIpc) is 3.16. The Morgan fingerprint density at radius 3 is 2.82 bits per heavy atom. The average molecular weight is 425 g/mol. The molecule has 0 unspecified atom stereocenters. The van der Waals surface area contributed by atoms with Crippen LogP contribution in [0.3, 0.4) is 0 Å². The first-order chi connectivity index (χ1) is 13.4. The first-order valence-electron chi connectivity index (χ1n) is 7.89. The van der Waals surface area contributed by atoms with Crippen LogP contribution in [0.4, 0.5) is 21.5 Å². The van der Waals surface area contributed by atoms with E-state index in [1.807, 2.05) is 0 Å². The smallest absolute Gasteiger partial charge is 0.253 e.